The van der Waals surface area contributed by atoms with Crippen LogP contribution in [-0.2, 0) is 4.79 Å². The maximum Gasteiger partial charge on any atom is 0.224 e. The van der Waals surface area contributed by atoms with Gasteiger partial charge in [0.05, 0.1) is 31.8 Å². The third-order valence-corrected chi connectivity index (χ3v) is 3.27. The smallest absolute Gasteiger partial charge is 0.224 e. The van der Waals surface area contributed by atoms with E-state index in [0.717, 1.165) is 11.3 Å². The maximum absolute atomic E-state index is 11.8. The monoisotopic (exact) mass is 281 g/mol. The van der Waals surface area contributed by atoms with Crippen LogP contribution < -0.4 is 10.1 Å². The van der Waals surface area contributed by atoms with Crippen molar-refractivity contribution in [1.82, 2.24) is 5.32 Å². The van der Waals surface area contributed by atoms with Crippen LogP contribution in [0.1, 0.15) is 25.3 Å². The predicted octanol–water partition coefficient (Wildman–Crippen LogP) is 1.01. The van der Waals surface area contributed by atoms with E-state index in [1.165, 1.54) is 0 Å². The van der Waals surface area contributed by atoms with Crippen molar-refractivity contribution in [2.75, 3.05) is 19.8 Å². The number of carbonyl (C=O) groups is 1. The lowest BCUT2D eigenvalue weighted by Gasteiger charge is -2.29. The summed E-state index contributed by atoms with van der Waals surface area (Å²) in [5.74, 6) is 0.478. The Balaban J connectivity index is 2.40. The van der Waals surface area contributed by atoms with Crippen LogP contribution in [0.3, 0.4) is 0 Å². The van der Waals surface area contributed by atoms with E-state index in [1.807, 2.05) is 31.2 Å². The molecule has 0 saturated heterocycles. The fourth-order valence-electron chi connectivity index (χ4n) is 1.77. The first-order valence-corrected chi connectivity index (χ1v) is 6.77. The molecule has 1 aromatic rings. The first-order chi connectivity index (χ1) is 9.55. The average Bonchev–Trinajstić information content (AvgIpc) is 2.45. The molecule has 0 aliphatic heterocycles. The van der Waals surface area contributed by atoms with Crippen molar-refractivity contribution < 1.29 is 19.7 Å². The van der Waals surface area contributed by atoms with Crippen molar-refractivity contribution in [2.24, 2.45) is 0 Å². The molecule has 0 aliphatic rings. The zero-order chi connectivity index (χ0) is 15.0. The number of aliphatic hydroxyl groups is 2. The zero-order valence-electron chi connectivity index (χ0n) is 12.1. The van der Waals surface area contributed by atoms with Crippen LogP contribution >= 0.6 is 0 Å². The number of nitrogens with one attached hydrogen (secondary N) is 1. The summed E-state index contributed by atoms with van der Waals surface area (Å²) in [6.45, 7) is 3.45. The minimum atomic E-state index is -0.944. The molecule has 0 atom stereocenters. The number of aliphatic hydroxyl groups excluding tert-OH is 2. The SMILES string of the molecule is CCC(CO)(CO)NC(=O)CCOc1cccc(C)c1. The number of benzene rings is 1. The van der Waals surface area contributed by atoms with E-state index in [0.29, 0.717) is 6.42 Å². The van der Waals surface area contributed by atoms with Gasteiger partial charge in [0, 0.05) is 0 Å². The molecule has 0 heterocycles. The predicted molar refractivity (Wildman–Crippen MR) is 76.6 cm³/mol. The number of rotatable bonds is 8. The summed E-state index contributed by atoms with van der Waals surface area (Å²) in [6.07, 6.45) is 0.639. The second-order valence-electron chi connectivity index (χ2n) is 4.91. The van der Waals surface area contributed by atoms with Gasteiger partial charge in [0.1, 0.15) is 5.75 Å². The summed E-state index contributed by atoms with van der Waals surface area (Å²) in [6, 6.07) is 7.60. The van der Waals surface area contributed by atoms with Crippen molar-refractivity contribution in [3.8, 4) is 5.75 Å². The minimum Gasteiger partial charge on any atom is -0.493 e. The Hall–Kier alpha value is -1.59. The van der Waals surface area contributed by atoms with Gasteiger partial charge >= 0.3 is 0 Å². The second kappa shape index (κ2) is 7.87. The quantitative estimate of drug-likeness (QED) is 0.664. The summed E-state index contributed by atoms with van der Waals surface area (Å²) >= 11 is 0. The molecule has 3 N–H and O–H groups in total. The van der Waals surface area contributed by atoms with Crippen LogP contribution in [0, 0.1) is 6.92 Å². The first-order valence-electron chi connectivity index (χ1n) is 6.77. The number of ether oxygens (including phenoxy) is 1. The molecule has 5 heteroatoms. The molecular formula is C15H23NO4. The molecule has 112 valence electrons. The Morgan fingerprint density at radius 1 is 1.35 bits per heavy atom. The summed E-state index contributed by atoms with van der Waals surface area (Å²) in [4.78, 5) is 11.8. The Kier molecular flexibility index (Phi) is 6.48. The van der Waals surface area contributed by atoms with E-state index in [2.05, 4.69) is 5.32 Å². The van der Waals surface area contributed by atoms with Gasteiger partial charge in [-0.2, -0.15) is 0 Å². The van der Waals surface area contributed by atoms with E-state index in [1.54, 1.807) is 6.92 Å². The molecule has 0 fully saturated rings. The molecule has 0 spiro atoms. The normalized spacial score (nSPS) is 11.2. The third-order valence-electron chi connectivity index (χ3n) is 3.27. The summed E-state index contributed by atoms with van der Waals surface area (Å²) in [7, 11) is 0. The molecule has 1 amide bonds. The fraction of sp³-hybridized carbons (Fsp3) is 0.533. The molecule has 5 nitrogen and oxygen atoms in total. The number of hydrogen-bond acceptors (Lipinski definition) is 4. The maximum atomic E-state index is 11.8. The average molecular weight is 281 g/mol. The highest BCUT2D eigenvalue weighted by molar-refractivity contribution is 5.77. The van der Waals surface area contributed by atoms with E-state index in [-0.39, 0.29) is 32.1 Å². The van der Waals surface area contributed by atoms with Crippen LogP contribution in [0.25, 0.3) is 0 Å². The zero-order valence-corrected chi connectivity index (χ0v) is 12.1. The van der Waals surface area contributed by atoms with E-state index in [9.17, 15) is 15.0 Å². The number of carbonyl (C=O) groups excluding carboxylic acids is 1. The van der Waals surface area contributed by atoms with Gasteiger partial charge in [-0.3, -0.25) is 4.79 Å². The lowest BCUT2D eigenvalue weighted by Crippen LogP contribution is -2.54. The highest BCUT2D eigenvalue weighted by atomic mass is 16.5. The van der Waals surface area contributed by atoms with Crippen LogP contribution in [0.4, 0.5) is 0 Å². The fourth-order valence-corrected chi connectivity index (χ4v) is 1.77. The lowest BCUT2D eigenvalue weighted by atomic mass is 9.98. The summed E-state index contributed by atoms with van der Waals surface area (Å²) in [5.41, 5.74) is 0.151. The molecule has 0 aromatic heterocycles. The first kappa shape index (κ1) is 16.5. The van der Waals surface area contributed by atoms with Gasteiger partial charge in [-0.25, -0.2) is 0 Å². The highest BCUT2D eigenvalue weighted by Crippen LogP contribution is 2.13. The van der Waals surface area contributed by atoms with E-state index in [4.69, 9.17) is 4.74 Å². The van der Waals surface area contributed by atoms with Crippen molar-refractivity contribution in [3.05, 3.63) is 29.8 Å². The number of aryl methyl sites for hydroxylation is 1. The van der Waals surface area contributed by atoms with Crippen molar-refractivity contribution in [2.45, 2.75) is 32.2 Å². The van der Waals surface area contributed by atoms with Crippen LogP contribution in [0.15, 0.2) is 24.3 Å². The molecular weight excluding hydrogens is 258 g/mol. The molecule has 0 saturated carbocycles. The number of hydrogen-bond donors (Lipinski definition) is 3. The molecule has 1 rings (SSSR count). The molecule has 0 radical (unpaired) electrons. The van der Waals surface area contributed by atoms with Gasteiger partial charge in [0.15, 0.2) is 0 Å². The molecule has 0 unspecified atom stereocenters. The van der Waals surface area contributed by atoms with Gasteiger partial charge in [0.2, 0.25) is 5.91 Å². The highest BCUT2D eigenvalue weighted by Gasteiger charge is 2.28. The third kappa shape index (κ3) is 4.83. The van der Waals surface area contributed by atoms with E-state index >= 15 is 0 Å². The van der Waals surface area contributed by atoms with Gasteiger partial charge in [0.25, 0.3) is 0 Å². The topological polar surface area (TPSA) is 78.8 Å². The summed E-state index contributed by atoms with van der Waals surface area (Å²) < 4.78 is 5.49. The Labute approximate surface area is 119 Å². The molecule has 0 aliphatic carbocycles. The second-order valence-corrected chi connectivity index (χ2v) is 4.91. The Bertz CT molecular complexity index is 421. The summed E-state index contributed by atoms with van der Waals surface area (Å²) in [5, 5.41) is 21.2. The molecule has 1 aromatic carbocycles. The van der Waals surface area contributed by atoms with Crippen molar-refractivity contribution in [3.63, 3.8) is 0 Å². The standard InChI is InChI=1S/C15H23NO4/c1-3-15(10-17,11-18)16-14(19)7-8-20-13-6-4-5-12(2)9-13/h4-6,9,17-18H,3,7-8,10-11H2,1-2H3,(H,16,19). The Morgan fingerprint density at radius 2 is 2.05 bits per heavy atom. The van der Waals surface area contributed by atoms with Crippen LogP contribution in [0.2, 0.25) is 0 Å². The van der Waals surface area contributed by atoms with Gasteiger partial charge in [-0.1, -0.05) is 19.1 Å². The van der Waals surface area contributed by atoms with Gasteiger partial charge < -0.3 is 20.3 Å². The van der Waals surface area contributed by atoms with E-state index < -0.39 is 5.54 Å². The van der Waals surface area contributed by atoms with Crippen molar-refractivity contribution in [1.29, 1.82) is 0 Å². The number of amides is 1. The Morgan fingerprint density at radius 3 is 2.60 bits per heavy atom. The van der Waals surface area contributed by atoms with Crippen LogP contribution in [-0.4, -0.2) is 41.5 Å². The molecule has 0 bridgehead atoms. The van der Waals surface area contributed by atoms with Gasteiger partial charge in [-0.15, -0.1) is 0 Å². The molecule has 20 heavy (non-hydrogen) atoms. The lowest BCUT2D eigenvalue weighted by molar-refractivity contribution is -0.125. The largest absolute Gasteiger partial charge is 0.493 e. The minimum absolute atomic E-state index is 0.176. The van der Waals surface area contributed by atoms with Crippen molar-refractivity contribution >= 4 is 5.91 Å². The van der Waals surface area contributed by atoms with Crippen LogP contribution in [0.5, 0.6) is 5.75 Å². The van der Waals surface area contributed by atoms with Gasteiger partial charge in [-0.05, 0) is 31.0 Å².